The molecule has 0 aromatic heterocycles. The second-order valence-electron chi connectivity index (χ2n) is 5.94. The van der Waals surface area contributed by atoms with Gasteiger partial charge >= 0.3 is 7.12 Å². The third kappa shape index (κ3) is 2.49. The molecule has 0 unspecified atom stereocenters. The van der Waals surface area contributed by atoms with Crippen molar-refractivity contribution in [3.8, 4) is 5.75 Å². The van der Waals surface area contributed by atoms with Crippen LogP contribution in [0.15, 0.2) is 12.1 Å². The number of benzene rings is 1. The fourth-order valence-electron chi connectivity index (χ4n) is 2.13. The SMILES string of the molecule is COc1c(C)cc(B2OC(C)(C)C(C)(C)O2)cc1Cl. The number of halogens is 1. The van der Waals surface area contributed by atoms with E-state index in [1.807, 2.05) is 46.8 Å². The molecule has 0 saturated carbocycles. The molecule has 1 fully saturated rings. The van der Waals surface area contributed by atoms with Crippen LogP contribution in [0.3, 0.4) is 0 Å². The van der Waals surface area contributed by atoms with Gasteiger partial charge in [-0.1, -0.05) is 17.7 Å². The second kappa shape index (κ2) is 4.69. The number of ether oxygens (including phenoxy) is 1. The van der Waals surface area contributed by atoms with Crippen molar-refractivity contribution < 1.29 is 14.0 Å². The summed E-state index contributed by atoms with van der Waals surface area (Å²) in [6, 6.07) is 3.84. The van der Waals surface area contributed by atoms with Gasteiger partial charge in [0.2, 0.25) is 0 Å². The minimum absolute atomic E-state index is 0.349. The van der Waals surface area contributed by atoms with Crippen molar-refractivity contribution in [1.82, 2.24) is 0 Å². The smallest absolute Gasteiger partial charge is 0.494 e. The summed E-state index contributed by atoms with van der Waals surface area (Å²) in [5.74, 6) is 0.696. The molecule has 0 radical (unpaired) electrons. The van der Waals surface area contributed by atoms with Crippen LogP contribution in [-0.2, 0) is 9.31 Å². The Hall–Kier alpha value is -0.705. The molecule has 19 heavy (non-hydrogen) atoms. The molecule has 5 heteroatoms. The third-order valence-corrected chi connectivity index (χ3v) is 4.26. The van der Waals surface area contributed by atoms with Crippen LogP contribution in [0.1, 0.15) is 33.3 Å². The average molecular weight is 283 g/mol. The summed E-state index contributed by atoms with van der Waals surface area (Å²) in [5, 5.41) is 0.576. The summed E-state index contributed by atoms with van der Waals surface area (Å²) in [7, 11) is 1.22. The maximum Gasteiger partial charge on any atom is 0.494 e. The van der Waals surface area contributed by atoms with Crippen LogP contribution < -0.4 is 10.2 Å². The second-order valence-corrected chi connectivity index (χ2v) is 6.35. The first-order valence-corrected chi connectivity index (χ1v) is 6.75. The summed E-state index contributed by atoms with van der Waals surface area (Å²) in [6.07, 6.45) is 0. The maximum atomic E-state index is 6.22. The molecule has 2 rings (SSSR count). The van der Waals surface area contributed by atoms with Gasteiger partial charge < -0.3 is 14.0 Å². The van der Waals surface area contributed by atoms with Crippen molar-refractivity contribution >= 4 is 24.2 Å². The Morgan fingerprint density at radius 2 is 1.63 bits per heavy atom. The van der Waals surface area contributed by atoms with Gasteiger partial charge in [-0.3, -0.25) is 0 Å². The molecule has 0 aliphatic carbocycles. The van der Waals surface area contributed by atoms with Crippen molar-refractivity contribution in [3.63, 3.8) is 0 Å². The molecule has 0 spiro atoms. The lowest BCUT2D eigenvalue weighted by Crippen LogP contribution is -2.41. The van der Waals surface area contributed by atoms with Gasteiger partial charge in [-0.15, -0.1) is 0 Å². The van der Waals surface area contributed by atoms with Gasteiger partial charge in [0.1, 0.15) is 5.75 Å². The van der Waals surface area contributed by atoms with E-state index in [4.69, 9.17) is 25.6 Å². The van der Waals surface area contributed by atoms with Gasteiger partial charge in [0.25, 0.3) is 0 Å². The summed E-state index contributed by atoms with van der Waals surface area (Å²) < 4.78 is 17.3. The number of aryl methyl sites for hydroxylation is 1. The van der Waals surface area contributed by atoms with Gasteiger partial charge in [-0.05, 0) is 51.7 Å². The summed E-state index contributed by atoms with van der Waals surface area (Å²) in [4.78, 5) is 0. The van der Waals surface area contributed by atoms with E-state index in [0.29, 0.717) is 10.8 Å². The highest BCUT2D eigenvalue weighted by Crippen LogP contribution is 2.37. The Balaban J connectivity index is 2.35. The van der Waals surface area contributed by atoms with Crippen molar-refractivity contribution in [2.45, 2.75) is 45.8 Å². The zero-order valence-electron chi connectivity index (χ0n) is 12.3. The van der Waals surface area contributed by atoms with E-state index in [1.165, 1.54) is 0 Å². The molecule has 1 aliphatic heterocycles. The van der Waals surface area contributed by atoms with Crippen molar-refractivity contribution in [3.05, 3.63) is 22.7 Å². The van der Waals surface area contributed by atoms with Crippen LogP contribution >= 0.6 is 11.6 Å². The average Bonchev–Trinajstić information content (AvgIpc) is 2.47. The van der Waals surface area contributed by atoms with E-state index in [9.17, 15) is 0 Å². The van der Waals surface area contributed by atoms with Crippen molar-refractivity contribution in [2.24, 2.45) is 0 Å². The highest BCUT2D eigenvalue weighted by Gasteiger charge is 2.51. The van der Waals surface area contributed by atoms with Crippen LogP contribution in [0.5, 0.6) is 5.75 Å². The van der Waals surface area contributed by atoms with Crippen molar-refractivity contribution in [1.29, 1.82) is 0 Å². The highest BCUT2D eigenvalue weighted by molar-refractivity contribution is 6.62. The predicted octanol–water partition coefficient (Wildman–Crippen LogP) is 2.96. The van der Waals surface area contributed by atoms with Gasteiger partial charge in [-0.2, -0.15) is 0 Å². The fourth-order valence-corrected chi connectivity index (χ4v) is 2.48. The Morgan fingerprint density at radius 1 is 1.11 bits per heavy atom. The molecule has 1 saturated heterocycles. The molecular formula is C14H20BClO3. The van der Waals surface area contributed by atoms with E-state index in [-0.39, 0.29) is 11.2 Å². The topological polar surface area (TPSA) is 27.7 Å². The lowest BCUT2D eigenvalue weighted by atomic mass is 9.78. The molecule has 1 heterocycles. The van der Waals surface area contributed by atoms with Gasteiger partial charge in [0.05, 0.1) is 23.3 Å². The monoisotopic (exact) mass is 282 g/mol. The Bertz CT molecular complexity index is 460. The Morgan fingerprint density at radius 3 is 2.05 bits per heavy atom. The summed E-state index contributed by atoms with van der Waals surface area (Å²) in [5.41, 5.74) is 1.19. The largest absolute Gasteiger partial charge is 0.495 e. The molecule has 3 nitrogen and oxygen atoms in total. The van der Waals surface area contributed by atoms with E-state index in [2.05, 4.69) is 0 Å². The molecule has 0 atom stereocenters. The summed E-state index contributed by atoms with van der Waals surface area (Å²) in [6.45, 7) is 10.1. The lowest BCUT2D eigenvalue weighted by Gasteiger charge is -2.32. The van der Waals surface area contributed by atoms with E-state index in [0.717, 1.165) is 11.0 Å². The third-order valence-electron chi connectivity index (χ3n) is 3.98. The molecule has 0 bridgehead atoms. The molecule has 104 valence electrons. The van der Waals surface area contributed by atoms with Gasteiger partial charge in [0.15, 0.2) is 0 Å². The minimum Gasteiger partial charge on any atom is -0.495 e. The fraction of sp³-hybridized carbons (Fsp3) is 0.571. The van der Waals surface area contributed by atoms with Crippen LogP contribution in [0.25, 0.3) is 0 Å². The van der Waals surface area contributed by atoms with Crippen LogP contribution in [-0.4, -0.2) is 25.4 Å². The molecule has 1 aromatic rings. The van der Waals surface area contributed by atoms with Crippen LogP contribution in [0.4, 0.5) is 0 Å². The quantitative estimate of drug-likeness (QED) is 0.781. The normalized spacial score (nSPS) is 20.7. The van der Waals surface area contributed by atoms with E-state index >= 15 is 0 Å². The summed E-state index contributed by atoms with van der Waals surface area (Å²) >= 11 is 6.22. The number of hydrogen-bond donors (Lipinski definition) is 0. The van der Waals surface area contributed by atoms with Crippen LogP contribution in [0.2, 0.25) is 5.02 Å². The highest BCUT2D eigenvalue weighted by atomic mass is 35.5. The molecule has 0 N–H and O–H groups in total. The first kappa shape index (κ1) is 14.7. The number of hydrogen-bond acceptors (Lipinski definition) is 3. The Kier molecular flexibility index (Phi) is 3.63. The number of rotatable bonds is 2. The maximum absolute atomic E-state index is 6.22. The molecule has 1 aliphatic rings. The molecule has 1 aromatic carbocycles. The number of methoxy groups -OCH3 is 1. The van der Waals surface area contributed by atoms with E-state index in [1.54, 1.807) is 7.11 Å². The Labute approximate surface area is 120 Å². The van der Waals surface area contributed by atoms with E-state index < -0.39 is 7.12 Å². The molecular weight excluding hydrogens is 262 g/mol. The molecule has 0 amide bonds. The first-order valence-electron chi connectivity index (χ1n) is 6.37. The predicted molar refractivity (Wildman–Crippen MR) is 78.5 cm³/mol. The van der Waals surface area contributed by atoms with Gasteiger partial charge in [-0.25, -0.2) is 0 Å². The zero-order valence-corrected chi connectivity index (χ0v) is 13.1. The minimum atomic E-state index is -0.396. The lowest BCUT2D eigenvalue weighted by molar-refractivity contribution is 0.00578. The van der Waals surface area contributed by atoms with Crippen molar-refractivity contribution in [2.75, 3.05) is 7.11 Å². The first-order chi connectivity index (χ1) is 8.68. The van der Waals surface area contributed by atoms with Crippen LogP contribution in [0, 0.1) is 6.92 Å². The standard InChI is InChI=1S/C14H20BClO3/c1-9-7-10(8-11(16)12(9)17-6)15-18-13(2,3)14(4,5)19-15/h7-8H,1-6H3. The zero-order chi connectivity index (χ0) is 14.4. The van der Waals surface area contributed by atoms with Gasteiger partial charge in [0, 0.05) is 0 Å².